The molecule has 0 aromatic heterocycles. The summed E-state index contributed by atoms with van der Waals surface area (Å²) in [6, 6.07) is 7.72. The minimum atomic E-state index is -0.324. The first-order valence-corrected chi connectivity index (χ1v) is 6.00. The van der Waals surface area contributed by atoms with E-state index in [1.54, 1.807) is 0 Å². The van der Waals surface area contributed by atoms with E-state index in [9.17, 15) is 4.79 Å². The van der Waals surface area contributed by atoms with Crippen LogP contribution in [0.25, 0.3) is 0 Å². The van der Waals surface area contributed by atoms with Crippen molar-refractivity contribution in [2.75, 3.05) is 0 Å². The molecule has 0 aliphatic carbocycles. The Morgan fingerprint density at radius 3 is 2.06 bits per heavy atom. The van der Waals surface area contributed by atoms with Crippen LogP contribution in [-0.4, -0.2) is 5.91 Å². The number of hydrogen-bond acceptors (Lipinski definition) is 1. The molecule has 16 heavy (non-hydrogen) atoms. The molecule has 2 nitrogen and oxygen atoms in total. The van der Waals surface area contributed by atoms with Gasteiger partial charge in [-0.15, -0.1) is 0 Å². The molecule has 1 aromatic carbocycles. The van der Waals surface area contributed by atoms with Crippen molar-refractivity contribution < 1.29 is 4.79 Å². The van der Waals surface area contributed by atoms with Crippen LogP contribution in [0.3, 0.4) is 0 Å². The fraction of sp³-hybridized carbons (Fsp3) is 0.500. The minimum absolute atomic E-state index is 0.0889. The van der Waals surface area contributed by atoms with Crippen molar-refractivity contribution in [1.29, 1.82) is 0 Å². The van der Waals surface area contributed by atoms with E-state index in [0.717, 1.165) is 24.8 Å². The Kier molecular flexibility index (Phi) is 4.11. The number of nitrogens with two attached hydrogens (primary N) is 1. The van der Waals surface area contributed by atoms with E-state index < -0.39 is 0 Å². The molecule has 0 saturated heterocycles. The largest absolute Gasteiger partial charge is 0.366 e. The predicted octanol–water partition coefficient (Wildman–Crippen LogP) is 3.25. The lowest BCUT2D eigenvalue weighted by Gasteiger charge is -2.32. The van der Waals surface area contributed by atoms with Gasteiger partial charge in [-0.25, -0.2) is 0 Å². The highest BCUT2D eigenvalue weighted by Gasteiger charge is 2.29. The number of primary amides is 1. The van der Waals surface area contributed by atoms with Gasteiger partial charge in [0.05, 0.1) is 0 Å². The van der Waals surface area contributed by atoms with Crippen LogP contribution in [0.4, 0.5) is 0 Å². The van der Waals surface area contributed by atoms with Gasteiger partial charge in [-0.05, 0) is 36.3 Å². The van der Waals surface area contributed by atoms with Crippen LogP contribution in [-0.2, 0) is 5.41 Å². The average molecular weight is 219 g/mol. The molecule has 1 rings (SSSR count). The van der Waals surface area contributed by atoms with Gasteiger partial charge in [-0.3, -0.25) is 4.79 Å². The van der Waals surface area contributed by atoms with Gasteiger partial charge < -0.3 is 5.73 Å². The van der Waals surface area contributed by atoms with Crippen LogP contribution in [0.2, 0.25) is 0 Å². The van der Waals surface area contributed by atoms with E-state index in [-0.39, 0.29) is 11.3 Å². The molecule has 0 bridgehead atoms. The molecule has 1 aromatic rings. The van der Waals surface area contributed by atoms with Crippen LogP contribution in [0.15, 0.2) is 24.3 Å². The normalized spacial score (nSPS) is 11.4. The fourth-order valence-electron chi connectivity index (χ4n) is 2.48. The molecule has 0 aliphatic rings. The average Bonchev–Trinajstić information content (AvgIpc) is 2.32. The Bertz CT molecular complexity index is 358. The van der Waals surface area contributed by atoms with Crippen LogP contribution < -0.4 is 5.73 Å². The quantitative estimate of drug-likeness (QED) is 0.811. The van der Waals surface area contributed by atoms with Crippen molar-refractivity contribution in [3.8, 4) is 0 Å². The van der Waals surface area contributed by atoms with Gasteiger partial charge in [0, 0.05) is 5.56 Å². The van der Waals surface area contributed by atoms with Crippen LogP contribution >= 0.6 is 0 Å². The molecule has 0 fully saturated rings. The SMILES string of the molecule is CCC(CC)(CC)c1ccccc1C(N)=O. The standard InChI is InChI=1S/C14H21NO/c1-4-14(5-2,6-3)12-10-8-7-9-11(12)13(15)16/h7-10H,4-6H2,1-3H3,(H2,15,16). The monoisotopic (exact) mass is 219 g/mol. The first-order chi connectivity index (χ1) is 7.61. The maximum absolute atomic E-state index is 11.4. The van der Waals surface area contributed by atoms with E-state index in [1.807, 2.05) is 24.3 Å². The van der Waals surface area contributed by atoms with Crippen molar-refractivity contribution in [2.45, 2.75) is 45.4 Å². The van der Waals surface area contributed by atoms with E-state index in [2.05, 4.69) is 20.8 Å². The number of carbonyl (C=O) groups excluding carboxylic acids is 1. The summed E-state index contributed by atoms with van der Waals surface area (Å²) in [5.74, 6) is -0.324. The van der Waals surface area contributed by atoms with E-state index in [4.69, 9.17) is 5.73 Å². The smallest absolute Gasteiger partial charge is 0.248 e. The van der Waals surface area contributed by atoms with Gasteiger partial charge in [0.15, 0.2) is 0 Å². The lowest BCUT2D eigenvalue weighted by atomic mass is 9.72. The Morgan fingerprint density at radius 1 is 1.12 bits per heavy atom. The van der Waals surface area contributed by atoms with Crippen LogP contribution in [0.5, 0.6) is 0 Å². The predicted molar refractivity (Wildman–Crippen MR) is 67.5 cm³/mol. The number of hydrogen-bond donors (Lipinski definition) is 1. The summed E-state index contributed by atoms with van der Waals surface area (Å²) in [7, 11) is 0. The molecule has 0 saturated carbocycles. The maximum atomic E-state index is 11.4. The molecule has 2 heteroatoms. The van der Waals surface area contributed by atoms with E-state index in [0.29, 0.717) is 5.56 Å². The lowest BCUT2D eigenvalue weighted by molar-refractivity contribution is 0.0997. The molecule has 0 atom stereocenters. The molecule has 1 amide bonds. The van der Waals surface area contributed by atoms with Gasteiger partial charge in [-0.2, -0.15) is 0 Å². The van der Waals surface area contributed by atoms with Gasteiger partial charge in [0.25, 0.3) is 0 Å². The van der Waals surface area contributed by atoms with Crippen LogP contribution in [0.1, 0.15) is 56.0 Å². The summed E-state index contributed by atoms with van der Waals surface area (Å²) in [4.78, 5) is 11.4. The Morgan fingerprint density at radius 2 is 1.62 bits per heavy atom. The second-order valence-corrected chi connectivity index (χ2v) is 4.25. The van der Waals surface area contributed by atoms with E-state index in [1.165, 1.54) is 0 Å². The highest BCUT2D eigenvalue weighted by molar-refractivity contribution is 5.94. The first kappa shape index (κ1) is 12.8. The van der Waals surface area contributed by atoms with E-state index >= 15 is 0 Å². The zero-order chi connectivity index (χ0) is 12.2. The number of benzene rings is 1. The summed E-state index contributed by atoms with van der Waals surface area (Å²) in [6.07, 6.45) is 3.10. The summed E-state index contributed by atoms with van der Waals surface area (Å²) in [6.45, 7) is 6.51. The molecular weight excluding hydrogens is 198 g/mol. The second kappa shape index (κ2) is 5.15. The Hall–Kier alpha value is -1.31. The minimum Gasteiger partial charge on any atom is -0.366 e. The van der Waals surface area contributed by atoms with Crippen molar-refractivity contribution in [1.82, 2.24) is 0 Å². The third-order valence-corrected chi connectivity index (χ3v) is 3.79. The first-order valence-electron chi connectivity index (χ1n) is 6.00. The molecule has 0 radical (unpaired) electrons. The molecule has 2 N–H and O–H groups in total. The van der Waals surface area contributed by atoms with Gasteiger partial charge in [-0.1, -0.05) is 39.0 Å². The summed E-state index contributed by atoms with van der Waals surface area (Å²) >= 11 is 0. The fourth-order valence-corrected chi connectivity index (χ4v) is 2.48. The van der Waals surface area contributed by atoms with Gasteiger partial charge >= 0.3 is 0 Å². The topological polar surface area (TPSA) is 43.1 Å². The highest BCUT2D eigenvalue weighted by atomic mass is 16.1. The third-order valence-electron chi connectivity index (χ3n) is 3.79. The van der Waals surface area contributed by atoms with Crippen molar-refractivity contribution >= 4 is 5.91 Å². The zero-order valence-corrected chi connectivity index (χ0v) is 10.4. The molecule has 0 aliphatic heterocycles. The second-order valence-electron chi connectivity index (χ2n) is 4.25. The van der Waals surface area contributed by atoms with Crippen molar-refractivity contribution in [3.05, 3.63) is 35.4 Å². The molecule has 0 spiro atoms. The Balaban J connectivity index is 3.34. The Labute approximate surface area is 97.9 Å². The zero-order valence-electron chi connectivity index (χ0n) is 10.4. The third kappa shape index (κ3) is 2.11. The van der Waals surface area contributed by atoms with Gasteiger partial charge in [0.1, 0.15) is 0 Å². The number of carbonyl (C=O) groups is 1. The maximum Gasteiger partial charge on any atom is 0.248 e. The summed E-state index contributed by atoms with van der Waals surface area (Å²) in [5, 5.41) is 0. The van der Waals surface area contributed by atoms with Gasteiger partial charge in [0.2, 0.25) is 5.91 Å². The molecular formula is C14H21NO. The summed E-state index contributed by atoms with van der Waals surface area (Å²) in [5.41, 5.74) is 7.31. The molecule has 0 heterocycles. The summed E-state index contributed by atoms with van der Waals surface area (Å²) < 4.78 is 0. The lowest BCUT2D eigenvalue weighted by Crippen LogP contribution is -2.27. The van der Waals surface area contributed by atoms with Crippen molar-refractivity contribution in [3.63, 3.8) is 0 Å². The molecule has 88 valence electrons. The highest BCUT2D eigenvalue weighted by Crippen LogP contribution is 2.36. The molecule has 0 unspecified atom stereocenters. The number of amides is 1. The van der Waals surface area contributed by atoms with Crippen molar-refractivity contribution in [2.24, 2.45) is 5.73 Å². The number of rotatable bonds is 5. The van der Waals surface area contributed by atoms with Crippen LogP contribution in [0, 0.1) is 0 Å².